The third-order valence-electron chi connectivity index (χ3n) is 3.72. The smallest absolute Gasteiger partial charge is 0.323 e. The summed E-state index contributed by atoms with van der Waals surface area (Å²) in [5.74, 6) is -0.126. The summed E-state index contributed by atoms with van der Waals surface area (Å²) in [6.45, 7) is 3.62. The first-order valence-electron chi connectivity index (χ1n) is 7.19. The van der Waals surface area contributed by atoms with Gasteiger partial charge in [-0.25, -0.2) is 4.79 Å². The molecule has 1 aliphatic rings. The van der Waals surface area contributed by atoms with Crippen LogP contribution in [-0.2, 0) is 0 Å². The van der Waals surface area contributed by atoms with Gasteiger partial charge in [0, 0.05) is 0 Å². The van der Waals surface area contributed by atoms with Crippen LogP contribution in [0, 0.1) is 0 Å². The zero-order chi connectivity index (χ0) is 16.4. The average molecular weight is 320 g/mol. The van der Waals surface area contributed by atoms with E-state index in [-0.39, 0.29) is 24.8 Å². The number of hydrogen-bond donors (Lipinski definition) is 2. The molecule has 22 heavy (non-hydrogen) atoms. The molecular formula is C12H19F3N6O. The Morgan fingerprint density at radius 2 is 1.91 bits per heavy atom. The highest BCUT2D eigenvalue weighted by Crippen LogP contribution is 2.41. The van der Waals surface area contributed by atoms with Crippen molar-refractivity contribution in [3.05, 3.63) is 0 Å². The van der Waals surface area contributed by atoms with E-state index in [2.05, 4.69) is 26.0 Å². The van der Waals surface area contributed by atoms with E-state index in [0.29, 0.717) is 12.8 Å². The summed E-state index contributed by atoms with van der Waals surface area (Å²) in [7, 11) is 0. The number of aromatic nitrogens is 4. The zero-order valence-electron chi connectivity index (χ0n) is 12.4. The molecule has 0 aliphatic heterocycles. The minimum atomic E-state index is -4.49. The molecule has 1 heterocycles. The molecule has 1 saturated carbocycles. The number of nitrogens with zero attached hydrogens (tertiary/aromatic N) is 4. The van der Waals surface area contributed by atoms with Gasteiger partial charge in [-0.3, -0.25) is 5.32 Å². The summed E-state index contributed by atoms with van der Waals surface area (Å²) < 4.78 is 39.9. The normalized spacial score (nSPS) is 18.3. The van der Waals surface area contributed by atoms with Crippen LogP contribution >= 0.6 is 0 Å². The van der Waals surface area contributed by atoms with Gasteiger partial charge in [-0.2, -0.15) is 18.0 Å². The second-order valence-corrected chi connectivity index (χ2v) is 5.75. The van der Waals surface area contributed by atoms with E-state index in [1.165, 1.54) is 4.80 Å². The van der Waals surface area contributed by atoms with Crippen molar-refractivity contribution in [1.82, 2.24) is 25.5 Å². The molecule has 124 valence electrons. The van der Waals surface area contributed by atoms with Gasteiger partial charge in [-0.05, 0) is 31.9 Å². The minimum Gasteiger partial charge on any atom is -0.323 e. The van der Waals surface area contributed by atoms with Crippen molar-refractivity contribution in [2.75, 3.05) is 5.32 Å². The molecular weight excluding hydrogens is 301 g/mol. The Kier molecular flexibility index (Phi) is 4.57. The first-order valence-corrected chi connectivity index (χ1v) is 7.19. The lowest BCUT2D eigenvalue weighted by molar-refractivity contribution is -0.201. The second-order valence-electron chi connectivity index (χ2n) is 5.75. The number of carbonyl (C=O) groups is 1. The van der Waals surface area contributed by atoms with Crippen molar-refractivity contribution in [2.45, 2.75) is 63.7 Å². The number of nitrogens with one attached hydrogen (secondary N) is 2. The first kappa shape index (κ1) is 16.5. The Labute approximate surface area is 125 Å². The number of alkyl halides is 3. The molecule has 2 N–H and O–H groups in total. The largest absolute Gasteiger partial charge is 0.411 e. The molecule has 0 saturated heterocycles. The van der Waals surface area contributed by atoms with Crippen LogP contribution in [0.3, 0.4) is 0 Å². The van der Waals surface area contributed by atoms with Gasteiger partial charge in [0.25, 0.3) is 5.95 Å². The molecule has 0 spiro atoms. The van der Waals surface area contributed by atoms with Crippen molar-refractivity contribution in [1.29, 1.82) is 0 Å². The molecule has 2 amide bonds. The fourth-order valence-electron chi connectivity index (χ4n) is 2.48. The van der Waals surface area contributed by atoms with E-state index in [0.717, 1.165) is 6.42 Å². The van der Waals surface area contributed by atoms with Gasteiger partial charge >= 0.3 is 12.2 Å². The fourth-order valence-corrected chi connectivity index (χ4v) is 2.48. The molecule has 0 unspecified atom stereocenters. The van der Waals surface area contributed by atoms with Crippen LogP contribution in [0.1, 0.15) is 52.0 Å². The van der Waals surface area contributed by atoms with Crippen LogP contribution in [-0.4, -0.2) is 38.0 Å². The van der Waals surface area contributed by atoms with Crippen molar-refractivity contribution in [3.63, 3.8) is 0 Å². The van der Waals surface area contributed by atoms with Crippen LogP contribution < -0.4 is 10.6 Å². The number of carbonyl (C=O) groups excluding carboxylic acids is 1. The van der Waals surface area contributed by atoms with E-state index in [1.54, 1.807) is 0 Å². The van der Waals surface area contributed by atoms with Crippen LogP contribution in [0.2, 0.25) is 0 Å². The van der Waals surface area contributed by atoms with Gasteiger partial charge in [-0.15, -0.1) is 5.10 Å². The van der Waals surface area contributed by atoms with Crippen LogP contribution in [0.15, 0.2) is 0 Å². The molecule has 2 rings (SSSR count). The maximum Gasteiger partial charge on any atom is 0.411 e. The third-order valence-corrected chi connectivity index (χ3v) is 3.72. The van der Waals surface area contributed by atoms with Crippen LogP contribution in [0.5, 0.6) is 0 Å². The summed E-state index contributed by atoms with van der Waals surface area (Å²) in [4.78, 5) is 13.1. The molecule has 0 aromatic carbocycles. The van der Waals surface area contributed by atoms with Crippen molar-refractivity contribution in [2.24, 2.45) is 0 Å². The van der Waals surface area contributed by atoms with Gasteiger partial charge in [0.15, 0.2) is 0 Å². The molecule has 10 heteroatoms. The number of urea groups is 1. The quantitative estimate of drug-likeness (QED) is 0.896. The summed E-state index contributed by atoms with van der Waals surface area (Å²) in [6, 6.07) is -1.03. The molecule has 1 aromatic heterocycles. The topological polar surface area (TPSA) is 84.7 Å². The molecule has 1 aromatic rings. The van der Waals surface area contributed by atoms with E-state index >= 15 is 0 Å². The second kappa shape index (κ2) is 6.09. The lowest BCUT2D eigenvalue weighted by Gasteiger charge is -2.39. The fraction of sp³-hybridized carbons (Fsp3) is 0.833. The molecule has 7 nitrogen and oxygen atoms in total. The van der Waals surface area contributed by atoms with Crippen molar-refractivity contribution in [3.8, 4) is 0 Å². The Hall–Kier alpha value is -1.87. The summed E-state index contributed by atoms with van der Waals surface area (Å²) in [5.41, 5.74) is -2.18. The Morgan fingerprint density at radius 3 is 2.41 bits per heavy atom. The predicted molar refractivity (Wildman–Crippen MR) is 72.2 cm³/mol. The van der Waals surface area contributed by atoms with Gasteiger partial charge in [0.05, 0.1) is 6.04 Å². The maximum atomic E-state index is 13.3. The zero-order valence-corrected chi connectivity index (χ0v) is 12.4. The third kappa shape index (κ3) is 3.47. The average Bonchev–Trinajstić information content (AvgIpc) is 2.87. The van der Waals surface area contributed by atoms with Crippen molar-refractivity contribution >= 4 is 12.0 Å². The SMILES string of the molecule is CC(C)n1nnc(NC(=O)NC2(C(F)(F)F)CCCCC2)n1. The van der Waals surface area contributed by atoms with Gasteiger partial charge < -0.3 is 5.32 Å². The molecule has 0 bridgehead atoms. The molecule has 1 fully saturated rings. The van der Waals surface area contributed by atoms with E-state index in [4.69, 9.17) is 0 Å². The standard InChI is InChI=1S/C12H19F3N6O/c1-8(2)21-19-9(18-20-21)16-10(22)17-11(12(13,14)15)6-4-3-5-7-11/h8H,3-7H2,1-2H3,(H2,16,17,19,22). The van der Waals surface area contributed by atoms with E-state index in [1.807, 2.05) is 13.8 Å². The highest BCUT2D eigenvalue weighted by molar-refractivity contribution is 5.87. The van der Waals surface area contributed by atoms with Gasteiger partial charge in [0.2, 0.25) is 0 Å². The molecule has 0 atom stereocenters. The number of amides is 2. The maximum absolute atomic E-state index is 13.3. The lowest BCUT2D eigenvalue weighted by Crippen LogP contribution is -2.60. The van der Waals surface area contributed by atoms with Crippen LogP contribution in [0.4, 0.5) is 23.9 Å². The number of halogens is 3. The molecule has 1 aliphatic carbocycles. The number of rotatable bonds is 3. The van der Waals surface area contributed by atoms with Gasteiger partial charge in [-0.1, -0.05) is 24.4 Å². The van der Waals surface area contributed by atoms with Crippen molar-refractivity contribution < 1.29 is 18.0 Å². The van der Waals surface area contributed by atoms with Crippen LogP contribution in [0.25, 0.3) is 0 Å². The highest BCUT2D eigenvalue weighted by Gasteiger charge is 2.55. The lowest BCUT2D eigenvalue weighted by atomic mass is 9.81. The van der Waals surface area contributed by atoms with E-state index < -0.39 is 17.7 Å². The van der Waals surface area contributed by atoms with E-state index in [9.17, 15) is 18.0 Å². The molecule has 0 radical (unpaired) electrons. The number of anilines is 1. The predicted octanol–water partition coefficient (Wildman–Crippen LogP) is 2.64. The van der Waals surface area contributed by atoms with Gasteiger partial charge in [0.1, 0.15) is 5.54 Å². The Bertz CT molecular complexity index is 521. The first-order chi connectivity index (χ1) is 10.2. The number of tetrazole rings is 1. The highest BCUT2D eigenvalue weighted by atomic mass is 19.4. The summed E-state index contributed by atoms with van der Waals surface area (Å²) in [6.07, 6.45) is -3.12. The summed E-state index contributed by atoms with van der Waals surface area (Å²) in [5, 5.41) is 15.4. The Balaban J connectivity index is 2.05. The minimum absolute atomic E-state index is 0.0639. The monoisotopic (exact) mass is 320 g/mol. The number of hydrogen-bond acceptors (Lipinski definition) is 4. The summed E-state index contributed by atoms with van der Waals surface area (Å²) >= 11 is 0. The Morgan fingerprint density at radius 1 is 1.27 bits per heavy atom.